The van der Waals surface area contributed by atoms with Gasteiger partial charge in [0.25, 0.3) is 0 Å². The first kappa shape index (κ1) is 46.0. The summed E-state index contributed by atoms with van der Waals surface area (Å²) in [6, 6.07) is 0. The van der Waals surface area contributed by atoms with E-state index in [0.29, 0.717) is 0 Å². The fourth-order valence-electron chi connectivity index (χ4n) is 8.23. The molecule has 0 unspecified atom stereocenters. The van der Waals surface area contributed by atoms with Gasteiger partial charge in [-0.15, -0.1) is 0 Å². The molecule has 0 aromatic rings. The summed E-state index contributed by atoms with van der Waals surface area (Å²) in [6.07, 6.45) is 66.8. The van der Waals surface area contributed by atoms with Crippen LogP contribution < -0.4 is 5.32 Å². The average molecular weight is 674 g/mol. The van der Waals surface area contributed by atoms with Crippen LogP contribution in [0.25, 0.3) is 0 Å². The molecule has 0 saturated carbocycles. The van der Waals surface area contributed by atoms with Crippen LogP contribution in [0, 0.1) is 0 Å². The Morgan fingerprint density at radius 2 is 0.188 bits per heavy atom. The fourth-order valence-corrected chi connectivity index (χ4v) is 8.23. The maximum absolute atomic E-state index is 3.71. The van der Waals surface area contributed by atoms with Crippen molar-refractivity contribution in [1.82, 2.24) is 5.32 Å². The monoisotopic (exact) mass is 674 g/mol. The standard InChI is InChI=1S/C47H95N/c1-2-4-6-8-10-12-14-16-18-20-22-24-26-28-30-32-34-36-38-40-42-44-46-48-47-45-43-41-39-37-35-33-31-29-27-25-23-21-19-17-15-13-11-9-7-5-3-1/h48H,1-47H2. The van der Waals surface area contributed by atoms with Gasteiger partial charge in [0.1, 0.15) is 0 Å². The Morgan fingerprint density at radius 1 is 0.104 bits per heavy atom. The molecule has 1 rings (SSSR count). The van der Waals surface area contributed by atoms with Crippen LogP contribution in [0.15, 0.2) is 0 Å². The molecule has 1 nitrogen and oxygen atoms in total. The van der Waals surface area contributed by atoms with E-state index in [0.717, 1.165) is 0 Å². The van der Waals surface area contributed by atoms with E-state index in [9.17, 15) is 0 Å². The van der Waals surface area contributed by atoms with E-state index in [2.05, 4.69) is 5.32 Å². The van der Waals surface area contributed by atoms with Crippen molar-refractivity contribution in [2.75, 3.05) is 13.1 Å². The largest absolute Gasteiger partial charge is 0.317 e. The van der Waals surface area contributed by atoms with E-state index in [-0.39, 0.29) is 0 Å². The minimum Gasteiger partial charge on any atom is -0.317 e. The highest BCUT2D eigenvalue weighted by molar-refractivity contribution is 4.55. The quantitative estimate of drug-likeness (QED) is 0.270. The van der Waals surface area contributed by atoms with Gasteiger partial charge in [-0.3, -0.25) is 0 Å². The molecule has 48 heavy (non-hydrogen) atoms. The predicted molar refractivity (Wildman–Crippen MR) is 221 cm³/mol. The summed E-state index contributed by atoms with van der Waals surface area (Å²) < 4.78 is 0. The molecule has 0 atom stereocenters. The van der Waals surface area contributed by atoms with Crippen LogP contribution in [0.3, 0.4) is 0 Å². The number of nitrogens with one attached hydrogen (secondary N) is 1. The van der Waals surface area contributed by atoms with Crippen LogP contribution in [0.4, 0.5) is 0 Å². The molecular weight excluding hydrogens is 579 g/mol. The average Bonchev–Trinajstić information content (AvgIpc) is 3.10. The number of hydrogen-bond donors (Lipinski definition) is 1. The predicted octanol–water partition coefficient (Wildman–Crippen LogP) is 17.1. The molecule has 0 amide bonds. The Labute approximate surface area is 306 Å². The zero-order valence-electron chi connectivity index (χ0n) is 33.7. The molecule has 1 heteroatoms. The minimum absolute atomic E-state index is 1.25. The van der Waals surface area contributed by atoms with Crippen molar-refractivity contribution >= 4 is 0 Å². The first-order chi connectivity index (χ1) is 24.0. The van der Waals surface area contributed by atoms with Crippen molar-refractivity contribution in [2.45, 2.75) is 289 Å². The van der Waals surface area contributed by atoms with Crippen LogP contribution in [0.5, 0.6) is 0 Å². The van der Waals surface area contributed by atoms with Crippen molar-refractivity contribution in [3.63, 3.8) is 0 Å². The summed E-state index contributed by atoms with van der Waals surface area (Å²) in [5.41, 5.74) is 0. The molecule has 0 radical (unpaired) electrons. The maximum atomic E-state index is 3.71. The molecule has 1 N–H and O–H groups in total. The van der Waals surface area contributed by atoms with E-state index < -0.39 is 0 Å². The summed E-state index contributed by atoms with van der Waals surface area (Å²) >= 11 is 0. The lowest BCUT2D eigenvalue weighted by molar-refractivity contribution is 0.506. The van der Waals surface area contributed by atoms with Gasteiger partial charge in [-0.05, 0) is 25.9 Å². The van der Waals surface area contributed by atoms with Gasteiger partial charge in [-0.25, -0.2) is 0 Å². The van der Waals surface area contributed by atoms with Gasteiger partial charge in [0.05, 0.1) is 0 Å². The third kappa shape index (κ3) is 40.4. The lowest BCUT2D eigenvalue weighted by Crippen LogP contribution is -2.16. The molecule has 0 aliphatic carbocycles. The van der Waals surface area contributed by atoms with Crippen LogP contribution >= 0.6 is 0 Å². The van der Waals surface area contributed by atoms with E-state index in [4.69, 9.17) is 0 Å². The Kier molecular flexibility index (Phi) is 41.3. The highest BCUT2D eigenvalue weighted by Crippen LogP contribution is 2.18. The van der Waals surface area contributed by atoms with Gasteiger partial charge in [0, 0.05) is 0 Å². The minimum atomic E-state index is 1.25. The van der Waals surface area contributed by atoms with E-state index in [1.54, 1.807) is 0 Å². The van der Waals surface area contributed by atoms with Crippen molar-refractivity contribution in [3.8, 4) is 0 Å². The molecule has 1 aliphatic rings. The van der Waals surface area contributed by atoms with Crippen molar-refractivity contribution < 1.29 is 0 Å². The Morgan fingerprint density at radius 3 is 0.292 bits per heavy atom. The highest BCUT2D eigenvalue weighted by Gasteiger charge is 1.99. The zero-order valence-corrected chi connectivity index (χ0v) is 33.7. The van der Waals surface area contributed by atoms with Gasteiger partial charge in [0.2, 0.25) is 0 Å². The van der Waals surface area contributed by atoms with Crippen LogP contribution in [0.2, 0.25) is 0 Å². The van der Waals surface area contributed by atoms with Crippen molar-refractivity contribution in [2.24, 2.45) is 0 Å². The number of rotatable bonds is 0. The summed E-state index contributed by atoms with van der Waals surface area (Å²) in [5, 5.41) is 3.71. The lowest BCUT2D eigenvalue weighted by atomic mass is 10.0. The van der Waals surface area contributed by atoms with E-state index in [1.807, 2.05) is 0 Å². The molecule has 1 saturated heterocycles. The van der Waals surface area contributed by atoms with Crippen molar-refractivity contribution in [1.29, 1.82) is 0 Å². The first-order valence-corrected chi connectivity index (χ1v) is 23.7. The van der Waals surface area contributed by atoms with Gasteiger partial charge < -0.3 is 5.32 Å². The van der Waals surface area contributed by atoms with Gasteiger partial charge in [-0.1, -0.05) is 276 Å². The Bertz CT molecular complexity index is 275. The normalized spacial score (nSPS) is 24.0. The molecule has 1 heterocycles. The van der Waals surface area contributed by atoms with Gasteiger partial charge in [0.15, 0.2) is 0 Å². The second-order valence-corrected chi connectivity index (χ2v) is 16.7. The molecular formula is C47H95N. The second-order valence-electron chi connectivity index (χ2n) is 16.7. The van der Waals surface area contributed by atoms with Gasteiger partial charge >= 0.3 is 0 Å². The highest BCUT2D eigenvalue weighted by atomic mass is 14.8. The molecule has 0 bridgehead atoms. The zero-order chi connectivity index (χ0) is 33.9. The molecule has 288 valence electrons. The summed E-state index contributed by atoms with van der Waals surface area (Å²) in [7, 11) is 0. The molecule has 0 aromatic heterocycles. The topological polar surface area (TPSA) is 12.0 Å². The lowest BCUT2D eigenvalue weighted by Gasteiger charge is -2.06. The molecule has 0 aromatic carbocycles. The van der Waals surface area contributed by atoms with Crippen LogP contribution in [-0.2, 0) is 0 Å². The molecule has 1 fully saturated rings. The van der Waals surface area contributed by atoms with E-state index >= 15 is 0 Å². The van der Waals surface area contributed by atoms with Crippen LogP contribution in [0.1, 0.15) is 289 Å². The summed E-state index contributed by atoms with van der Waals surface area (Å²) in [5.74, 6) is 0. The Balaban J connectivity index is 2.00. The number of hydrogen-bond acceptors (Lipinski definition) is 1. The van der Waals surface area contributed by atoms with Crippen molar-refractivity contribution in [3.05, 3.63) is 0 Å². The fraction of sp³-hybridized carbons (Fsp3) is 1.00. The van der Waals surface area contributed by atoms with Gasteiger partial charge in [-0.2, -0.15) is 0 Å². The summed E-state index contributed by atoms with van der Waals surface area (Å²) in [6.45, 7) is 2.50. The Hall–Kier alpha value is -0.0400. The van der Waals surface area contributed by atoms with E-state index in [1.165, 1.54) is 302 Å². The molecule has 1 aliphatic heterocycles. The van der Waals surface area contributed by atoms with Crippen LogP contribution in [-0.4, -0.2) is 13.1 Å². The second kappa shape index (κ2) is 43.1. The third-order valence-electron chi connectivity index (χ3n) is 11.7. The smallest absolute Gasteiger partial charge is 0.00489 e. The maximum Gasteiger partial charge on any atom is -0.00489 e. The third-order valence-corrected chi connectivity index (χ3v) is 11.7. The SMILES string of the molecule is C1CCCCCCCCCCCCCCCCCCCCCCCNCCCCCCCCCCCCCCCCCCCCCCC1. The molecule has 0 spiro atoms. The summed E-state index contributed by atoms with van der Waals surface area (Å²) in [4.78, 5) is 0. The first-order valence-electron chi connectivity index (χ1n) is 23.7.